The van der Waals surface area contributed by atoms with Gasteiger partial charge in [0.2, 0.25) is 17.8 Å². The summed E-state index contributed by atoms with van der Waals surface area (Å²) in [5, 5.41) is 13.2. The zero-order valence-corrected chi connectivity index (χ0v) is 15.7. The number of nitrogen functional groups attached to an aromatic ring is 1. The average molecular weight is 385 g/mol. The van der Waals surface area contributed by atoms with E-state index in [1.807, 2.05) is 31.2 Å². The van der Waals surface area contributed by atoms with E-state index in [9.17, 15) is 9.90 Å². The molecule has 0 saturated heterocycles. The van der Waals surface area contributed by atoms with Crippen LogP contribution in [-0.4, -0.2) is 30.0 Å². The summed E-state index contributed by atoms with van der Waals surface area (Å²) in [6.45, 7) is 3.78. The smallest absolute Gasteiger partial charge is 0.258 e. The second kappa shape index (κ2) is 8.04. The van der Waals surface area contributed by atoms with E-state index in [-0.39, 0.29) is 28.1 Å². The lowest BCUT2D eigenvalue weighted by Crippen LogP contribution is -2.14. The van der Waals surface area contributed by atoms with Crippen molar-refractivity contribution in [3.63, 3.8) is 0 Å². The van der Waals surface area contributed by atoms with Crippen molar-refractivity contribution in [3.05, 3.63) is 51.6 Å². The summed E-state index contributed by atoms with van der Waals surface area (Å²) in [4.78, 5) is 31.0. The topological polar surface area (TPSA) is 143 Å². The number of aromatic amines is 1. The Morgan fingerprint density at radius 3 is 2.59 bits per heavy atom. The molecular formula is C17H19N7O2S. The minimum atomic E-state index is -0.357. The van der Waals surface area contributed by atoms with Gasteiger partial charge in [-0.2, -0.15) is 19.9 Å². The minimum absolute atomic E-state index is 0.0841. The van der Waals surface area contributed by atoms with Gasteiger partial charge in [-0.25, -0.2) is 0 Å². The Kier molecular flexibility index (Phi) is 5.55. The molecule has 9 nitrogen and oxygen atoms in total. The second-order valence-corrected chi connectivity index (χ2v) is 6.70. The molecular weight excluding hydrogens is 366 g/mol. The summed E-state index contributed by atoms with van der Waals surface area (Å²) in [7, 11) is 0. The van der Waals surface area contributed by atoms with Crippen LogP contribution in [0.1, 0.15) is 23.9 Å². The van der Waals surface area contributed by atoms with Crippen molar-refractivity contribution in [1.29, 1.82) is 0 Å². The van der Waals surface area contributed by atoms with Gasteiger partial charge < -0.3 is 21.1 Å². The third kappa shape index (κ3) is 4.73. The summed E-state index contributed by atoms with van der Waals surface area (Å²) in [5.41, 5.74) is 7.64. The quantitative estimate of drug-likeness (QED) is 0.370. The SMILES string of the molecule is CCc1c(O)nc(SCc2nc(N)nc(Nc3ccc(C)cc3)n2)[nH]c1=O. The number of rotatable bonds is 6. The number of anilines is 3. The number of nitrogens with two attached hydrogens (primary N) is 1. The highest BCUT2D eigenvalue weighted by molar-refractivity contribution is 7.98. The fourth-order valence-electron chi connectivity index (χ4n) is 2.31. The van der Waals surface area contributed by atoms with Crippen LogP contribution in [0.2, 0.25) is 0 Å². The van der Waals surface area contributed by atoms with Gasteiger partial charge in [0, 0.05) is 5.69 Å². The van der Waals surface area contributed by atoms with Gasteiger partial charge in [-0.1, -0.05) is 36.4 Å². The predicted molar refractivity (Wildman–Crippen MR) is 104 cm³/mol. The van der Waals surface area contributed by atoms with Gasteiger partial charge in [-0.05, 0) is 25.5 Å². The maximum atomic E-state index is 11.9. The molecule has 0 amide bonds. The van der Waals surface area contributed by atoms with Crippen LogP contribution in [0.5, 0.6) is 5.88 Å². The summed E-state index contributed by atoms with van der Waals surface area (Å²) >= 11 is 1.18. The van der Waals surface area contributed by atoms with Gasteiger partial charge >= 0.3 is 0 Å². The normalized spacial score (nSPS) is 10.7. The molecule has 2 aromatic heterocycles. The summed E-state index contributed by atoms with van der Waals surface area (Å²) in [6.07, 6.45) is 0.400. The standard InChI is InChI=1S/C17H19N7O2S/c1-3-11-13(25)22-17(23-14(11)26)27-8-12-20-15(18)24-16(21-12)19-10-6-4-9(2)5-7-10/h4-7H,3,8H2,1-2H3,(H2,22,23,25,26)(H3,18,19,20,21,24). The number of hydrogen-bond donors (Lipinski definition) is 4. The summed E-state index contributed by atoms with van der Waals surface area (Å²) < 4.78 is 0. The molecule has 0 aliphatic rings. The van der Waals surface area contributed by atoms with Gasteiger partial charge in [-0.15, -0.1) is 0 Å². The minimum Gasteiger partial charge on any atom is -0.493 e. The molecule has 3 aromatic rings. The van der Waals surface area contributed by atoms with Crippen molar-refractivity contribution in [1.82, 2.24) is 24.9 Å². The van der Waals surface area contributed by atoms with E-state index in [1.165, 1.54) is 11.8 Å². The van der Waals surface area contributed by atoms with Gasteiger partial charge in [0.25, 0.3) is 5.56 Å². The Hall–Kier alpha value is -3.14. The summed E-state index contributed by atoms with van der Waals surface area (Å²) in [6, 6.07) is 7.77. The first-order chi connectivity index (χ1) is 12.9. The van der Waals surface area contributed by atoms with Gasteiger partial charge in [-0.3, -0.25) is 4.79 Å². The largest absolute Gasteiger partial charge is 0.493 e. The molecule has 0 unspecified atom stereocenters. The number of thioether (sulfide) groups is 1. The molecule has 140 valence electrons. The molecule has 1 aromatic carbocycles. The maximum absolute atomic E-state index is 11.9. The second-order valence-electron chi connectivity index (χ2n) is 5.74. The van der Waals surface area contributed by atoms with Crippen molar-refractivity contribution in [2.75, 3.05) is 11.1 Å². The van der Waals surface area contributed by atoms with Crippen molar-refractivity contribution in [2.24, 2.45) is 0 Å². The Morgan fingerprint density at radius 2 is 1.93 bits per heavy atom. The van der Waals surface area contributed by atoms with E-state index in [0.717, 1.165) is 11.3 Å². The zero-order chi connectivity index (χ0) is 19.4. The number of aromatic nitrogens is 5. The van der Waals surface area contributed by atoms with E-state index >= 15 is 0 Å². The monoisotopic (exact) mass is 385 g/mol. The van der Waals surface area contributed by atoms with Crippen LogP contribution in [0.4, 0.5) is 17.6 Å². The number of nitrogens with one attached hydrogen (secondary N) is 2. The Morgan fingerprint density at radius 1 is 1.19 bits per heavy atom. The highest BCUT2D eigenvalue weighted by Gasteiger charge is 2.11. The molecule has 0 radical (unpaired) electrons. The van der Waals surface area contributed by atoms with Crippen LogP contribution in [0.15, 0.2) is 34.2 Å². The lowest BCUT2D eigenvalue weighted by Gasteiger charge is -2.08. The number of benzene rings is 1. The van der Waals surface area contributed by atoms with Crippen molar-refractivity contribution < 1.29 is 5.11 Å². The Bertz CT molecular complexity index is 1010. The summed E-state index contributed by atoms with van der Waals surface area (Å²) in [5.74, 6) is 0.862. The molecule has 0 atom stereocenters. The van der Waals surface area contributed by atoms with E-state index < -0.39 is 0 Å². The predicted octanol–water partition coefficient (Wildman–Crippen LogP) is 2.15. The maximum Gasteiger partial charge on any atom is 0.258 e. The Labute approximate surface area is 159 Å². The number of aromatic hydroxyl groups is 1. The van der Waals surface area contributed by atoms with Gasteiger partial charge in [0.15, 0.2) is 5.16 Å². The van der Waals surface area contributed by atoms with E-state index in [4.69, 9.17) is 5.73 Å². The fraction of sp³-hybridized carbons (Fsp3) is 0.235. The van der Waals surface area contributed by atoms with Crippen molar-refractivity contribution in [3.8, 4) is 5.88 Å². The molecule has 0 aliphatic heterocycles. The molecule has 27 heavy (non-hydrogen) atoms. The van der Waals surface area contributed by atoms with Crippen LogP contribution in [0, 0.1) is 6.92 Å². The third-order valence-electron chi connectivity index (χ3n) is 3.67. The molecule has 0 bridgehead atoms. The molecule has 3 rings (SSSR count). The van der Waals surface area contributed by atoms with Crippen LogP contribution in [0.3, 0.4) is 0 Å². The van der Waals surface area contributed by atoms with Crippen LogP contribution in [0.25, 0.3) is 0 Å². The van der Waals surface area contributed by atoms with Crippen molar-refractivity contribution in [2.45, 2.75) is 31.2 Å². The zero-order valence-electron chi connectivity index (χ0n) is 14.9. The first kappa shape index (κ1) is 18.6. The van der Waals surface area contributed by atoms with Gasteiger partial charge in [0.05, 0.1) is 11.3 Å². The number of nitrogens with zero attached hydrogens (tertiary/aromatic N) is 4. The van der Waals surface area contributed by atoms with Gasteiger partial charge in [0.1, 0.15) is 5.82 Å². The molecule has 0 spiro atoms. The average Bonchev–Trinajstić information content (AvgIpc) is 2.61. The van der Waals surface area contributed by atoms with E-state index in [2.05, 4.69) is 30.2 Å². The van der Waals surface area contributed by atoms with Crippen LogP contribution < -0.4 is 16.6 Å². The number of H-pyrrole nitrogens is 1. The Balaban J connectivity index is 1.75. The molecule has 0 aliphatic carbocycles. The third-order valence-corrected chi connectivity index (χ3v) is 4.54. The molecule has 5 N–H and O–H groups in total. The highest BCUT2D eigenvalue weighted by atomic mass is 32.2. The van der Waals surface area contributed by atoms with Crippen LogP contribution in [-0.2, 0) is 12.2 Å². The first-order valence-corrected chi connectivity index (χ1v) is 9.22. The molecule has 0 saturated carbocycles. The lowest BCUT2D eigenvalue weighted by molar-refractivity contribution is 0.436. The molecule has 10 heteroatoms. The fourth-order valence-corrected chi connectivity index (χ4v) is 3.02. The number of hydrogen-bond acceptors (Lipinski definition) is 9. The highest BCUT2D eigenvalue weighted by Crippen LogP contribution is 2.21. The molecule has 2 heterocycles. The lowest BCUT2D eigenvalue weighted by atomic mass is 10.2. The first-order valence-electron chi connectivity index (χ1n) is 8.23. The molecule has 0 fully saturated rings. The van der Waals surface area contributed by atoms with Crippen molar-refractivity contribution >= 4 is 29.3 Å². The van der Waals surface area contributed by atoms with E-state index in [0.29, 0.717) is 23.9 Å². The van der Waals surface area contributed by atoms with Crippen LogP contribution >= 0.6 is 11.8 Å². The van der Waals surface area contributed by atoms with E-state index in [1.54, 1.807) is 6.92 Å². The number of aryl methyl sites for hydroxylation is 1.